The molecule has 4 rings (SSSR count). The molecule has 1 aliphatic heterocycles. The smallest absolute Gasteiger partial charge is 0.272 e. The Morgan fingerprint density at radius 2 is 2.12 bits per heavy atom. The summed E-state index contributed by atoms with van der Waals surface area (Å²) in [5.41, 5.74) is 1.75. The highest BCUT2D eigenvalue weighted by Crippen LogP contribution is 2.37. The van der Waals surface area contributed by atoms with Gasteiger partial charge in [-0.05, 0) is 25.3 Å². The van der Waals surface area contributed by atoms with Gasteiger partial charge in [0.1, 0.15) is 11.5 Å². The molecule has 2 aromatic heterocycles. The number of rotatable bonds is 4. The van der Waals surface area contributed by atoms with Crippen LogP contribution in [0.25, 0.3) is 0 Å². The number of carbonyl (C=O) groups excluding carboxylic acids is 1. The number of carbonyl (C=O) groups is 1. The summed E-state index contributed by atoms with van der Waals surface area (Å²) < 4.78 is 1.83. The second-order valence-corrected chi connectivity index (χ2v) is 7.02. The van der Waals surface area contributed by atoms with Crippen molar-refractivity contribution in [1.29, 1.82) is 0 Å². The molecule has 0 bridgehead atoms. The third kappa shape index (κ3) is 3.87. The van der Waals surface area contributed by atoms with Crippen LogP contribution in [0, 0.1) is 0 Å². The second-order valence-electron chi connectivity index (χ2n) is 7.02. The summed E-state index contributed by atoms with van der Waals surface area (Å²) in [5.74, 6) is 1.33. The second kappa shape index (κ2) is 6.92. The van der Waals surface area contributed by atoms with E-state index in [1.165, 1.54) is 5.56 Å². The zero-order valence-corrected chi connectivity index (χ0v) is 14.6. The first-order valence-electron chi connectivity index (χ1n) is 9.01. The first kappa shape index (κ1) is 16.2. The number of nitrogens with zero attached hydrogens (tertiary/aromatic N) is 6. The van der Waals surface area contributed by atoms with E-state index in [9.17, 15) is 4.79 Å². The van der Waals surface area contributed by atoms with E-state index in [1.807, 2.05) is 29.0 Å². The lowest BCUT2D eigenvalue weighted by atomic mass is 10.3. The maximum absolute atomic E-state index is 12.8. The van der Waals surface area contributed by atoms with Crippen molar-refractivity contribution < 1.29 is 4.79 Å². The third-order valence-electron chi connectivity index (χ3n) is 4.88. The van der Waals surface area contributed by atoms with Crippen LogP contribution in [-0.2, 0) is 13.6 Å². The molecule has 25 heavy (non-hydrogen) atoms. The van der Waals surface area contributed by atoms with E-state index in [4.69, 9.17) is 0 Å². The van der Waals surface area contributed by atoms with Crippen LogP contribution in [0.1, 0.15) is 47.1 Å². The van der Waals surface area contributed by atoms with Crippen LogP contribution < -0.4 is 0 Å². The number of hydrogen-bond donors (Lipinski definition) is 0. The SMILES string of the molecule is Cn1cc(CN2CCCN(C(=O)c3ccnc(C4CC4)n3)CC2)cn1. The van der Waals surface area contributed by atoms with Crippen LogP contribution in [0.15, 0.2) is 24.7 Å². The predicted molar refractivity (Wildman–Crippen MR) is 93.0 cm³/mol. The number of aromatic nitrogens is 4. The number of amides is 1. The highest BCUT2D eigenvalue weighted by Gasteiger charge is 2.28. The monoisotopic (exact) mass is 340 g/mol. The Morgan fingerprint density at radius 1 is 1.24 bits per heavy atom. The summed E-state index contributed by atoms with van der Waals surface area (Å²) in [6.45, 7) is 4.28. The van der Waals surface area contributed by atoms with E-state index in [1.54, 1.807) is 12.3 Å². The van der Waals surface area contributed by atoms with Crippen molar-refractivity contribution in [1.82, 2.24) is 29.5 Å². The van der Waals surface area contributed by atoms with Gasteiger partial charge >= 0.3 is 0 Å². The van der Waals surface area contributed by atoms with Gasteiger partial charge in [-0.25, -0.2) is 9.97 Å². The van der Waals surface area contributed by atoms with Crippen LogP contribution in [0.4, 0.5) is 0 Å². The highest BCUT2D eigenvalue weighted by molar-refractivity contribution is 5.92. The van der Waals surface area contributed by atoms with Gasteiger partial charge in [0.05, 0.1) is 6.20 Å². The lowest BCUT2D eigenvalue weighted by Gasteiger charge is -2.21. The zero-order chi connectivity index (χ0) is 17.2. The molecule has 0 N–H and O–H groups in total. The van der Waals surface area contributed by atoms with E-state index < -0.39 is 0 Å². The molecule has 0 spiro atoms. The maximum Gasteiger partial charge on any atom is 0.272 e. The predicted octanol–water partition coefficient (Wildman–Crippen LogP) is 1.44. The molecular formula is C18H24N6O. The standard InChI is InChI=1S/C18H24N6O/c1-22-12-14(11-20-22)13-23-7-2-8-24(10-9-23)18(25)16-5-6-19-17(21-16)15-3-4-15/h5-6,11-12,15H,2-4,7-10,13H2,1H3. The molecule has 132 valence electrons. The molecule has 0 atom stereocenters. The molecule has 0 unspecified atom stereocenters. The first-order chi connectivity index (χ1) is 12.2. The highest BCUT2D eigenvalue weighted by atomic mass is 16.2. The molecule has 3 heterocycles. The average molecular weight is 340 g/mol. The molecule has 7 nitrogen and oxygen atoms in total. The third-order valence-corrected chi connectivity index (χ3v) is 4.88. The normalized spacial score (nSPS) is 19.0. The Morgan fingerprint density at radius 3 is 2.88 bits per heavy atom. The lowest BCUT2D eigenvalue weighted by Crippen LogP contribution is -2.35. The van der Waals surface area contributed by atoms with Gasteiger partial charge in [-0.15, -0.1) is 0 Å². The topological polar surface area (TPSA) is 67.2 Å². The summed E-state index contributed by atoms with van der Waals surface area (Å²) in [7, 11) is 1.93. The number of hydrogen-bond acceptors (Lipinski definition) is 5. The van der Waals surface area contributed by atoms with Crippen molar-refractivity contribution in [3.05, 3.63) is 41.7 Å². The molecule has 1 saturated carbocycles. The van der Waals surface area contributed by atoms with Crippen LogP contribution in [0.3, 0.4) is 0 Å². The minimum atomic E-state index is 0.0347. The quantitative estimate of drug-likeness (QED) is 0.842. The van der Waals surface area contributed by atoms with Gasteiger partial charge in [-0.2, -0.15) is 5.10 Å². The Hall–Kier alpha value is -2.28. The van der Waals surface area contributed by atoms with Crippen LogP contribution in [0.2, 0.25) is 0 Å². The number of aryl methyl sites for hydroxylation is 1. The molecule has 1 saturated heterocycles. The molecule has 2 aromatic rings. The summed E-state index contributed by atoms with van der Waals surface area (Å²) in [5, 5.41) is 4.23. The van der Waals surface area contributed by atoms with E-state index >= 15 is 0 Å². The molecule has 0 radical (unpaired) electrons. The van der Waals surface area contributed by atoms with E-state index in [0.29, 0.717) is 11.6 Å². The molecule has 2 aliphatic rings. The van der Waals surface area contributed by atoms with Crippen molar-refractivity contribution in [2.24, 2.45) is 7.05 Å². The summed E-state index contributed by atoms with van der Waals surface area (Å²) in [6, 6.07) is 1.74. The Labute approximate surface area is 147 Å². The van der Waals surface area contributed by atoms with Crippen LogP contribution >= 0.6 is 0 Å². The Bertz CT molecular complexity index is 754. The van der Waals surface area contributed by atoms with Crippen molar-refractivity contribution in [3.8, 4) is 0 Å². The Balaban J connectivity index is 1.38. The molecule has 7 heteroatoms. The van der Waals surface area contributed by atoms with Gasteiger partial charge in [-0.1, -0.05) is 0 Å². The molecular weight excluding hydrogens is 316 g/mol. The van der Waals surface area contributed by atoms with E-state index in [0.717, 1.165) is 57.8 Å². The van der Waals surface area contributed by atoms with E-state index in [2.05, 4.69) is 20.0 Å². The lowest BCUT2D eigenvalue weighted by molar-refractivity contribution is 0.0754. The Kier molecular flexibility index (Phi) is 4.48. The largest absolute Gasteiger partial charge is 0.336 e. The fourth-order valence-corrected chi connectivity index (χ4v) is 3.34. The minimum Gasteiger partial charge on any atom is -0.336 e. The van der Waals surface area contributed by atoms with Gasteiger partial charge in [0.2, 0.25) is 0 Å². The van der Waals surface area contributed by atoms with Crippen molar-refractivity contribution in [2.45, 2.75) is 31.7 Å². The van der Waals surface area contributed by atoms with Crippen LogP contribution in [-0.4, -0.2) is 61.6 Å². The first-order valence-corrected chi connectivity index (χ1v) is 9.01. The molecule has 1 amide bonds. The fraction of sp³-hybridized carbons (Fsp3) is 0.556. The van der Waals surface area contributed by atoms with Crippen molar-refractivity contribution in [2.75, 3.05) is 26.2 Å². The molecule has 0 aromatic carbocycles. The molecule has 1 aliphatic carbocycles. The van der Waals surface area contributed by atoms with Gasteiger partial charge in [0.25, 0.3) is 5.91 Å². The zero-order valence-electron chi connectivity index (χ0n) is 14.6. The summed E-state index contributed by atoms with van der Waals surface area (Å²) >= 11 is 0. The summed E-state index contributed by atoms with van der Waals surface area (Å²) in [6.07, 6.45) is 8.95. The van der Waals surface area contributed by atoms with Gasteiger partial charge in [0.15, 0.2) is 0 Å². The van der Waals surface area contributed by atoms with Gasteiger partial charge < -0.3 is 4.90 Å². The van der Waals surface area contributed by atoms with Gasteiger partial charge in [0, 0.05) is 63.6 Å². The summed E-state index contributed by atoms with van der Waals surface area (Å²) in [4.78, 5) is 26.0. The van der Waals surface area contributed by atoms with Gasteiger partial charge in [-0.3, -0.25) is 14.4 Å². The fourth-order valence-electron chi connectivity index (χ4n) is 3.34. The van der Waals surface area contributed by atoms with Crippen molar-refractivity contribution in [3.63, 3.8) is 0 Å². The average Bonchev–Trinajstić information content (AvgIpc) is 3.42. The molecule has 2 fully saturated rings. The van der Waals surface area contributed by atoms with Crippen molar-refractivity contribution >= 4 is 5.91 Å². The van der Waals surface area contributed by atoms with E-state index in [-0.39, 0.29) is 5.91 Å². The maximum atomic E-state index is 12.8. The minimum absolute atomic E-state index is 0.0347. The van der Waals surface area contributed by atoms with Crippen LogP contribution in [0.5, 0.6) is 0 Å².